The Bertz CT molecular complexity index is 861. The van der Waals surface area contributed by atoms with Gasteiger partial charge >= 0.3 is 0 Å². The van der Waals surface area contributed by atoms with Gasteiger partial charge in [-0.05, 0) is 48.8 Å². The van der Waals surface area contributed by atoms with Crippen LogP contribution in [-0.4, -0.2) is 51.9 Å². The monoisotopic (exact) mass is 375 g/mol. The number of sulfonamides is 1. The average Bonchev–Trinajstić information content (AvgIpc) is 3.14. The van der Waals surface area contributed by atoms with E-state index < -0.39 is 10.0 Å². The summed E-state index contributed by atoms with van der Waals surface area (Å²) in [5, 5.41) is 4.70. The van der Waals surface area contributed by atoms with E-state index in [0.717, 1.165) is 30.4 Å². The lowest BCUT2D eigenvalue weighted by molar-refractivity contribution is -0.120. The Morgan fingerprint density at radius 3 is 2.50 bits per heavy atom. The summed E-state index contributed by atoms with van der Waals surface area (Å²) in [6.07, 6.45) is 2.59. The summed E-state index contributed by atoms with van der Waals surface area (Å²) in [5.74, 6) is -0.134. The van der Waals surface area contributed by atoms with Crippen molar-refractivity contribution in [2.45, 2.75) is 24.2 Å². The molecule has 2 N–H and O–H groups in total. The minimum Gasteiger partial charge on any atom is -0.355 e. The number of amides is 1. The van der Waals surface area contributed by atoms with E-state index in [0.29, 0.717) is 6.54 Å². The number of rotatable bonds is 8. The predicted octanol–water partition coefficient (Wildman–Crippen LogP) is 1.72. The summed E-state index contributed by atoms with van der Waals surface area (Å²) >= 11 is 0. The number of nitrogens with one attached hydrogen (secondary N) is 2. The molecule has 0 aromatic heterocycles. The van der Waals surface area contributed by atoms with E-state index >= 15 is 0 Å². The highest BCUT2D eigenvalue weighted by Gasteiger charge is 2.15. The molecule has 0 aliphatic carbocycles. The third-order valence-electron chi connectivity index (χ3n) is 4.62. The van der Waals surface area contributed by atoms with E-state index in [-0.39, 0.29) is 23.8 Å². The van der Waals surface area contributed by atoms with Gasteiger partial charge in [-0.25, -0.2) is 13.1 Å². The number of likely N-dealkylation sites (tertiary alicyclic amines) is 1. The van der Waals surface area contributed by atoms with Crippen molar-refractivity contribution in [3.63, 3.8) is 0 Å². The molecule has 0 radical (unpaired) electrons. The minimum atomic E-state index is -3.62. The van der Waals surface area contributed by atoms with Crippen LogP contribution in [0.1, 0.15) is 19.3 Å². The fraction of sp³-hybridized carbons (Fsp3) is 0.421. The number of hydrogen-bond donors (Lipinski definition) is 2. The van der Waals surface area contributed by atoms with Gasteiger partial charge in [-0.2, -0.15) is 0 Å². The van der Waals surface area contributed by atoms with Gasteiger partial charge in [-0.1, -0.05) is 30.3 Å². The molecule has 0 atom stereocenters. The highest BCUT2D eigenvalue weighted by atomic mass is 32.2. The maximum atomic E-state index is 12.4. The van der Waals surface area contributed by atoms with Crippen LogP contribution in [0, 0.1) is 0 Å². The van der Waals surface area contributed by atoms with Gasteiger partial charge in [0.25, 0.3) is 0 Å². The van der Waals surface area contributed by atoms with Crippen molar-refractivity contribution in [1.29, 1.82) is 0 Å². The first-order valence-corrected chi connectivity index (χ1v) is 10.5. The van der Waals surface area contributed by atoms with Crippen LogP contribution in [0.15, 0.2) is 47.4 Å². The molecular formula is C19H25N3O3S. The standard InChI is InChI=1S/C19H25N3O3S/c23-19(20-11-14-22-12-3-4-13-22)9-10-21-26(24,25)18-8-7-16-5-1-2-6-17(16)15-18/h1-2,5-8,15,21H,3-4,9-14H2,(H,20,23). The molecule has 0 saturated carbocycles. The van der Waals surface area contributed by atoms with Crippen molar-refractivity contribution in [2.24, 2.45) is 0 Å². The van der Waals surface area contributed by atoms with Crippen molar-refractivity contribution in [2.75, 3.05) is 32.7 Å². The van der Waals surface area contributed by atoms with E-state index in [1.54, 1.807) is 18.2 Å². The molecule has 140 valence electrons. The molecule has 1 saturated heterocycles. The molecule has 2 aromatic carbocycles. The Morgan fingerprint density at radius 1 is 1.00 bits per heavy atom. The average molecular weight is 375 g/mol. The Morgan fingerprint density at radius 2 is 1.73 bits per heavy atom. The third kappa shape index (κ3) is 5.03. The highest BCUT2D eigenvalue weighted by Crippen LogP contribution is 2.18. The maximum absolute atomic E-state index is 12.4. The van der Waals surface area contributed by atoms with Crippen LogP contribution in [-0.2, 0) is 14.8 Å². The van der Waals surface area contributed by atoms with E-state index in [4.69, 9.17) is 0 Å². The Labute approximate surface area is 154 Å². The second-order valence-corrected chi connectivity index (χ2v) is 8.32. The lowest BCUT2D eigenvalue weighted by Crippen LogP contribution is -2.35. The number of nitrogens with zero attached hydrogens (tertiary/aromatic N) is 1. The van der Waals surface area contributed by atoms with Crippen LogP contribution in [0.25, 0.3) is 10.8 Å². The summed E-state index contributed by atoms with van der Waals surface area (Å²) in [7, 11) is -3.62. The maximum Gasteiger partial charge on any atom is 0.240 e. The molecule has 0 bridgehead atoms. The second-order valence-electron chi connectivity index (χ2n) is 6.56. The van der Waals surface area contributed by atoms with Crippen LogP contribution in [0.4, 0.5) is 0 Å². The lowest BCUT2D eigenvalue weighted by Gasteiger charge is -2.14. The predicted molar refractivity (Wildman–Crippen MR) is 102 cm³/mol. The SMILES string of the molecule is O=C(CCNS(=O)(=O)c1ccc2ccccc2c1)NCCN1CCCC1. The van der Waals surface area contributed by atoms with Crippen molar-refractivity contribution < 1.29 is 13.2 Å². The second kappa shape index (κ2) is 8.62. The fourth-order valence-corrected chi connectivity index (χ4v) is 4.23. The van der Waals surface area contributed by atoms with Crippen molar-refractivity contribution in [3.05, 3.63) is 42.5 Å². The van der Waals surface area contributed by atoms with Crippen molar-refractivity contribution >= 4 is 26.7 Å². The Balaban J connectivity index is 1.45. The normalized spacial score (nSPS) is 15.4. The summed E-state index contributed by atoms with van der Waals surface area (Å²) in [5.41, 5.74) is 0. The highest BCUT2D eigenvalue weighted by molar-refractivity contribution is 7.89. The first-order chi connectivity index (χ1) is 12.5. The molecule has 1 heterocycles. The number of fused-ring (bicyclic) bond motifs is 1. The van der Waals surface area contributed by atoms with Crippen LogP contribution in [0.2, 0.25) is 0 Å². The zero-order valence-electron chi connectivity index (χ0n) is 14.8. The van der Waals surface area contributed by atoms with E-state index in [9.17, 15) is 13.2 Å². The summed E-state index contributed by atoms with van der Waals surface area (Å²) in [6, 6.07) is 12.6. The smallest absolute Gasteiger partial charge is 0.240 e. The first kappa shape index (κ1) is 18.8. The van der Waals surface area contributed by atoms with Crippen molar-refractivity contribution in [3.8, 4) is 0 Å². The number of hydrogen-bond acceptors (Lipinski definition) is 4. The molecule has 1 aliphatic heterocycles. The Hall–Kier alpha value is -1.96. The van der Waals surface area contributed by atoms with Gasteiger partial charge in [0.1, 0.15) is 0 Å². The molecular weight excluding hydrogens is 350 g/mol. The van der Waals surface area contributed by atoms with Gasteiger partial charge in [0.2, 0.25) is 15.9 Å². The number of carbonyl (C=O) groups excluding carboxylic acids is 1. The molecule has 0 spiro atoms. The first-order valence-electron chi connectivity index (χ1n) is 9.02. The Kier molecular flexibility index (Phi) is 6.24. The molecule has 0 unspecified atom stereocenters. The van der Waals surface area contributed by atoms with Crippen molar-refractivity contribution in [1.82, 2.24) is 14.9 Å². The van der Waals surface area contributed by atoms with Crippen LogP contribution < -0.4 is 10.0 Å². The van der Waals surface area contributed by atoms with Gasteiger partial charge in [-0.15, -0.1) is 0 Å². The van der Waals surface area contributed by atoms with Gasteiger partial charge in [-0.3, -0.25) is 4.79 Å². The summed E-state index contributed by atoms with van der Waals surface area (Å²) in [6.45, 7) is 3.75. The zero-order chi connectivity index (χ0) is 18.4. The third-order valence-corrected chi connectivity index (χ3v) is 6.08. The van der Waals surface area contributed by atoms with Gasteiger partial charge in [0, 0.05) is 26.1 Å². The van der Waals surface area contributed by atoms with Gasteiger partial charge in [0.05, 0.1) is 4.90 Å². The molecule has 7 heteroatoms. The molecule has 1 amide bonds. The molecule has 1 fully saturated rings. The molecule has 1 aliphatic rings. The van der Waals surface area contributed by atoms with E-state index in [2.05, 4.69) is 14.9 Å². The van der Waals surface area contributed by atoms with Gasteiger partial charge < -0.3 is 10.2 Å². The molecule has 3 rings (SSSR count). The molecule has 26 heavy (non-hydrogen) atoms. The zero-order valence-corrected chi connectivity index (χ0v) is 15.6. The van der Waals surface area contributed by atoms with Crippen LogP contribution in [0.3, 0.4) is 0 Å². The molecule has 6 nitrogen and oxygen atoms in total. The minimum absolute atomic E-state index is 0.0880. The van der Waals surface area contributed by atoms with Gasteiger partial charge in [0.15, 0.2) is 0 Å². The van der Waals surface area contributed by atoms with Crippen LogP contribution in [0.5, 0.6) is 0 Å². The van der Waals surface area contributed by atoms with E-state index in [1.165, 1.54) is 12.8 Å². The summed E-state index contributed by atoms with van der Waals surface area (Å²) < 4.78 is 27.3. The van der Waals surface area contributed by atoms with Crippen LogP contribution >= 0.6 is 0 Å². The lowest BCUT2D eigenvalue weighted by atomic mass is 10.1. The molecule has 2 aromatic rings. The topological polar surface area (TPSA) is 78.5 Å². The van der Waals surface area contributed by atoms with E-state index in [1.807, 2.05) is 24.3 Å². The number of carbonyl (C=O) groups is 1. The summed E-state index contributed by atoms with van der Waals surface area (Å²) in [4.78, 5) is 14.4. The largest absolute Gasteiger partial charge is 0.355 e. The fourth-order valence-electron chi connectivity index (χ4n) is 3.16. The number of benzene rings is 2. The quantitative estimate of drug-likeness (QED) is 0.736.